The number of hydrogen-bond acceptors (Lipinski definition) is 5. The molecule has 1 saturated heterocycles. The van der Waals surface area contributed by atoms with E-state index in [1.807, 2.05) is 0 Å². The van der Waals surface area contributed by atoms with Gasteiger partial charge in [-0.1, -0.05) is 6.42 Å². The van der Waals surface area contributed by atoms with Crippen LogP contribution in [-0.2, 0) is 10.0 Å². The number of nitrogen functional groups attached to an aromatic ring is 1. The molecule has 7 heteroatoms. The lowest BCUT2D eigenvalue weighted by molar-refractivity contribution is 0.253. The highest BCUT2D eigenvalue weighted by Gasteiger charge is 2.31. The lowest BCUT2D eigenvalue weighted by Crippen LogP contribution is -2.38. The molecule has 1 aliphatic heterocycles. The predicted molar refractivity (Wildman–Crippen MR) is 64.6 cm³/mol. The fourth-order valence-electron chi connectivity index (χ4n) is 2.17. The summed E-state index contributed by atoms with van der Waals surface area (Å²) in [4.78, 5) is 7.94. The molecule has 1 atom stereocenters. The van der Waals surface area contributed by atoms with Crippen LogP contribution in [0.4, 0.5) is 5.95 Å². The second kappa shape index (κ2) is 4.58. The molecule has 0 bridgehead atoms. The zero-order chi connectivity index (χ0) is 12.5. The lowest BCUT2D eigenvalue weighted by atomic mass is 10.0. The van der Waals surface area contributed by atoms with Crippen molar-refractivity contribution >= 4 is 16.0 Å². The van der Waals surface area contributed by atoms with Crippen LogP contribution in [0.3, 0.4) is 0 Å². The Balaban J connectivity index is 2.34. The average Bonchev–Trinajstić information content (AvgIpc) is 2.28. The molecule has 2 heterocycles. The minimum absolute atomic E-state index is 0.182. The van der Waals surface area contributed by atoms with Crippen molar-refractivity contribution in [1.82, 2.24) is 14.3 Å². The summed E-state index contributed by atoms with van der Waals surface area (Å²) in [5.41, 5.74) is 6.21. The van der Waals surface area contributed by atoms with Gasteiger partial charge in [-0.05, 0) is 18.9 Å². The highest BCUT2D eigenvalue weighted by molar-refractivity contribution is 7.88. The first kappa shape index (κ1) is 12.3. The Hall–Kier alpha value is -1.21. The van der Waals surface area contributed by atoms with Crippen molar-refractivity contribution < 1.29 is 8.42 Å². The minimum Gasteiger partial charge on any atom is -0.368 e. The van der Waals surface area contributed by atoms with Crippen LogP contribution in [-0.4, -0.2) is 35.5 Å². The van der Waals surface area contributed by atoms with Gasteiger partial charge in [0.1, 0.15) is 0 Å². The Morgan fingerprint density at radius 1 is 1.47 bits per heavy atom. The van der Waals surface area contributed by atoms with Crippen molar-refractivity contribution in [2.24, 2.45) is 0 Å². The molecule has 1 aromatic rings. The van der Waals surface area contributed by atoms with Gasteiger partial charge in [-0.3, -0.25) is 0 Å². The number of aromatic nitrogens is 2. The summed E-state index contributed by atoms with van der Waals surface area (Å²) in [6.45, 7) is 0.549. The fraction of sp³-hybridized carbons (Fsp3) is 0.600. The molecule has 2 N–H and O–H groups in total. The van der Waals surface area contributed by atoms with Crippen LogP contribution >= 0.6 is 0 Å². The van der Waals surface area contributed by atoms with Gasteiger partial charge in [-0.2, -0.15) is 4.31 Å². The van der Waals surface area contributed by atoms with Crippen LogP contribution < -0.4 is 5.73 Å². The number of rotatable bonds is 2. The monoisotopic (exact) mass is 256 g/mol. The fourth-order valence-corrected chi connectivity index (χ4v) is 3.31. The number of piperidine rings is 1. The first-order chi connectivity index (χ1) is 7.98. The standard InChI is InChI=1S/C10H16N4O2S/c1-17(15,16)14-7-3-2-4-9(14)8-5-6-12-10(11)13-8/h5-6,9H,2-4,7H2,1H3,(H2,11,12,13)/t9-/m0/s1. The smallest absolute Gasteiger partial charge is 0.220 e. The number of sulfonamides is 1. The van der Waals surface area contributed by atoms with Crippen molar-refractivity contribution in [2.75, 3.05) is 18.5 Å². The predicted octanol–water partition coefficient (Wildman–Crippen LogP) is 0.545. The highest BCUT2D eigenvalue weighted by Crippen LogP contribution is 2.31. The van der Waals surface area contributed by atoms with E-state index in [4.69, 9.17) is 5.73 Å². The van der Waals surface area contributed by atoms with Crippen molar-refractivity contribution in [2.45, 2.75) is 25.3 Å². The average molecular weight is 256 g/mol. The van der Waals surface area contributed by atoms with Gasteiger partial charge < -0.3 is 5.73 Å². The Bertz CT molecular complexity index is 503. The van der Waals surface area contributed by atoms with E-state index in [9.17, 15) is 8.42 Å². The van der Waals surface area contributed by atoms with E-state index >= 15 is 0 Å². The molecule has 0 amide bonds. The number of nitrogens with zero attached hydrogens (tertiary/aromatic N) is 3. The van der Waals surface area contributed by atoms with Crippen molar-refractivity contribution in [1.29, 1.82) is 0 Å². The number of nitrogens with two attached hydrogens (primary N) is 1. The van der Waals surface area contributed by atoms with Crippen LogP contribution in [0.25, 0.3) is 0 Å². The Kier molecular flexibility index (Phi) is 3.30. The summed E-state index contributed by atoms with van der Waals surface area (Å²) in [6.07, 6.45) is 5.47. The van der Waals surface area contributed by atoms with E-state index in [1.54, 1.807) is 12.3 Å². The minimum atomic E-state index is -3.20. The molecule has 6 nitrogen and oxygen atoms in total. The van der Waals surface area contributed by atoms with Crippen molar-refractivity contribution in [3.05, 3.63) is 18.0 Å². The van der Waals surface area contributed by atoms with E-state index in [1.165, 1.54) is 10.6 Å². The van der Waals surface area contributed by atoms with Crippen LogP contribution in [0.15, 0.2) is 12.3 Å². The Morgan fingerprint density at radius 2 is 2.24 bits per heavy atom. The van der Waals surface area contributed by atoms with E-state index in [-0.39, 0.29) is 12.0 Å². The number of hydrogen-bond donors (Lipinski definition) is 1. The molecule has 0 unspecified atom stereocenters. The molecule has 2 rings (SSSR count). The maximum absolute atomic E-state index is 11.7. The second-order valence-electron chi connectivity index (χ2n) is 4.22. The summed E-state index contributed by atoms with van der Waals surface area (Å²) in [5.74, 6) is 0.182. The van der Waals surface area contributed by atoms with Crippen molar-refractivity contribution in [3.63, 3.8) is 0 Å². The molecule has 94 valence electrons. The third-order valence-corrected chi connectivity index (χ3v) is 4.21. The number of anilines is 1. The SMILES string of the molecule is CS(=O)(=O)N1CCCC[C@H]1c1ccnc(N)n1. The van der Waals surface area contributed by atoms with Crippen LogP contribution in [0, 0.1) is 0 Å². The van der Waals surface area contributed by atoms with E-state index in [2.05, 4.69) is 9.97 Å². The Labute approximate surface area is 101 Å². The topological polar surface area (TPSA) is 89.2 Å². The third kappa shape index (κ3) is 2.73. The summed E-state index contributed by atoms with van der Waals surface area (Å²) in [7, 11) is -3.20. The van der Waals surface area contributed by atoms with Gasteiger partial charge in [0.15, 0.2) is 0 Å². The molecule has 0 saturated carbocycles. The van der Waals surface area contributed by atoms with Gasteiger partial charge in [0.05, 0.1) is 18.0 Å². The van der Waals surface area contributed by atoms with Crippen LogP contribution in [0.5, 0.6) is 0 Å². The zero-order valence-corrected chi connectivity index (χ0v) is 10.5. The molecule has 1 aliphatic rings. The van der Waals surface area contributed by atoms with Gasteiger partial charge >= 0.3 is 0 Å². The molecular weight excluding hydrogens is 240 g/mol. The largest absolute Gasteiger partial charge is 0.368 e. The first-order valence-corrected chi connectivity index (χ1v) is 7.38. The van der Waals surface area contributed by atoms with Gasteiger partial charge in [0.25, 0.3) is 0 Å². The van der Waals surface area contributed by atoms with Gasteiger partial charge in [-0.25, -0.2) is 18.4 Å². The molecular formula is C10H16N4O2S. The van der Waals surface area contributed by atoms with Gasteiger partial charge in [0.2, 0.25) is 16.0 Å². The summed E-state index contributed by atoms with van der Waals surface area (Å²) < 4.78 is 24.9. The normalized spacial score (nSPS) is 22.5. The molecule has 17 heavy (non-hydrogen) atoms. The van der Waals surface area contributed by atoms with Crippen LogP contribution in [0.1, 0.15) is 31.0 Å². The lowest BCUT2D eigenvalue weighted by Gasteiger charge is -2.33. The molecule has 1 aromatic heterocycles. The van der Waals surface area contributed by atoms with E-state index in [0.29, 0.717) is 12.2 Å². The summed E-state index contributed by atoms with van der Waals surface area (Å²) in [5, 5.41) is 0. The Morgan fingerprint density at radius 3 is 2.88 bits per heavy atom. The van der Waals surface area contributed by atoms with Gasteiger partial charge in [-0.15, -0.1) is 0 Å². The van der Waals surface area contributed by atoms with Crippen LogP contribution in [0.2, 0.25) is 0 Å². The van der Waals surface area contributed by atoms with Crippen molar-refractivity contribution in [3.8, 4) is 0 Å². The quantitative estimate of drug-likeness (QED) is 0.834. The zero-order valence-electron chi connectivity index (χ0n) is 9.70. The second-order valence-corrected chi connectivity index (χ2v) is 6.16. The first-order valence-electron chi connectivity index (χ1n) is 5.54. The molecule has 0 radical (unpaired) electrons. The molecule has 0 spiro atoms. The van der Waals surface area contributed by atoms with E-state index < -0.39 is 10.0 Å². The van der Waals surface area contributed by atoms with Gasteiger partial charge in [0, 0.05) is 12.7 Å². The summed E-state index contributed by atoms with van der Waals surface area (Å²) >= 11 is 0. The third-order valence-electron chi connectivity index (χ3n) is 2.92. The van der Waals surface area contributed by atoms with E-state index in [0.717, 1.165) is 19.3 Å². The molecule has 0 aromatic carbocycles. The maximum Gasteiger partial charge on any atom is 0.220 e. The molecule has 0 aliphatic carbocycles. The molecule has 1 fully saturated rings. The summed E-state index contributed by atoms with van der Waals surface area (Å²) in [6, 6.07) is 1.52. The maximum atomic E-state index is 11.7. The highest BCUT2D eigenvalue weighted by atomic mass is 32.2.